The van der Waals surface area contributed by atoms with Crippen LogP contribution in [0.25, 0.3) is 0 Å². The molecule has 194 valence electrons. The van der Waals surface area contributed by atoms with Gasteiger partial charge in [-0.2, -0.15) is 26.3 Å². The number of rotatable bonds is 10. The summed E-state index contributed by atoms with van der Waals surface area (Å²) in [5.74, 6) is -5.13. The fourth-order valence-electron chi connectivity index (χ4n) is 5.27. The molecule has 0 radical (unpaired) electrons. The van der Waals surface area contributed by atoms with Crippen LogP contribution in [-0.2, 0) is 12.8 Å². The highest BCUT2D eigenvalue weighted by atomic mass is 19.4. The van der Waals surface area contributed by atoms with E-state index in [0.717, 1.165) is 50.9 Å². The van der Waals surface area contributed by atoms with Gasteiger partial charge in [0.15, 0.2) is 0 Å². The minimum atomic E-state index is -4.84. The zero-order valence-corrected chi connectivity index (χ0v) is 20.2. The maximum absolute atomic E-state index is 13.4. The van der Waals surface area contributed by atoms with Crippen LogP contribution in [0.1, 0.15) is 61.6 Å². The van der Waals surface area contributed by atoms with Crippen molar-refractivity contribution < 1.29 is 26.3 Å². The van der Waals surface area contributed by atoms with Gasteiger partial charge < -0.3 is 4.90 Å². The van der Waals surface area contributed by atoms with Crippen LogP contribution in [0.2, 0.25) is 0 Å². The summed E-state index contributed by atoms with van der Waals surface area (Å²) in [4.78, 5) is 2.46. The lowest BCUT2D eigenvalue weighted by Gasteiger charge is -2.38. The van der Waals surface area contributed by atoms with Crippen LogP contribution >= 0.6 is 0 Å². The van der Waals surface area contributed by atoms with Gasteiger partial charge in [0.2, 0.25) is 0 Å². The second-order valence-electron chi connectivity index (χ2n) is 9.73. The van der Waals surface area contributed by atoms with Gasteiger partial charge in [-0.05, 0) is 80.6 Å². The molecule has 0 saturated heterocycles. The van der Waals surface area contributed by atoms with Crippen LogP contribution in [0.15, 0.2) is 54.6 Å². The van der Waals surface area contributed by atoms with E-state index in [9.17, 15) is 26.3 Å². The Bertz CT molecular complexity index is 875. The molecule has 0 spiro atoms. The van der Waals surface area contributed by atoms with E-state index < -0.39 is 42.9 Å². The lowest BCUT2D eigenvalue weighted by Crippen LogP contribution is -2.42. The number of hydrogen-bond donors (Lipinski definition) is 0. The Morgan fingerprint density at radius 1 is 0.714 bits per heavy atom. The molecular formula is C28H35F6N. The van der Waals surface area contributed by atoms with Crippen molar-refractivity contribution in [3.05, 3.63) is 71.3 Å². The molecule has 3 unspecified atom stereocenters. The minimum Gasteiger partial charge on any atom is -0.303 e. The van der Waals surface area contributed by atoms with E-state index in [4.69, 9.17) is 0 Å². The molecule has 1 aliphatic rings. The van der Waals surface area contributed by atoms with Crippen molar-refractivity contribution in [3.63, 3.8) is 0 Å². The largest absolute Gasteiger partial charge is 0.392 e. The smallest absolute Gasteiger partial charge is 0.303 e. The number of halogens is 6. The van der Waals surface area contributed by atoms with Gasteiger partial charge in [-0.15, -0.1) is 0 Å². The van der Waals surface area contributed by atoms with Crippen LogP contribution in [0.3, 0.4) is 0 Å². The van der Waals surface area contributed by atoms with Crippen molar-refractivity contribution >= 4 is 0 Å². The van der Waals surface area contributed by atoms with Gasteiger partial charge in [-0.3, -0.25) is 0 Å². The summed E-state index contributed by atoms with van der Waals surface area (Å²) in [7, 11) is 0. The first kappa shape index (κ1) is 27.6. The average molecular weight is 500 g/mol. The van der Waals surface area contributed by atoms with Crippen molar-refractivity contribution in [2.45, 2.75) is 70.1 Å². The van der Waals surface area contributed by atoms with E-state index in [1.54, 1.807) is 12.1 Å². The highest BCUT2D eigenvalue weighted by Gasteiger charge is 2.56. The maximum Gasteiger partial charge on any atom is 0.392 e. The van der Waals surface area contributed by atoms with E-state index >= 15 is 0 Å². The molecule has 3 rings (SSSR count). The summed E-state index contributed by atoms with van der Waals surface area (Å²) >= 11 is 0. The monoisotopic (exact) mass is 499 g/mol. The number of alkyl halides is 6. The molecule has 0 aromatic heterocycles. The first-order valence-corrected chi connectivity index (χ1v) is 12.6. The van der Waals surface area contributed by atoms with Crippen molar-refractivity contribution in [2.24, 2.45) is 11.8 Å². The molecule has 1 nitrogen and oxygen atoms in total. The molecule has 1 aliphatic carbocycles. The third kappa shape index (κ3) is 8.26. The lowest BCUT2D eigenvalue weighted by molar-refractivity contribution is -0.263. The predicted molar refractivity (Wildman–Crippen MR) is 127 cm³/mol. The molecule has 2 aromatic rings. The molecule has 0 aliphatic heterocycles. The van der Waals surface area contributed by atoms with Gasteiger partial charge >= 0.3 is 12.4 Å². The lowest BCUT2D eigenvalue weighted by atomic mass is 9.71. The van der Waals surface area contributed by atoms with Crippen LogP contribution in [0.4, 0.5) is 26.3 Å². The van der Waals surface area contributed by atoms with Gasteiger partial charge in [-0.25, -0.2) is 0 Å². The highest BCUT2D eigenvalue weighted by Crippen LogP contribution is 2.52. The fraction of sp³-hybridized carbons (Fsp3) is 0.571. The molecule has 0 amide bonds. The second kappa shape index (κ2) is 12.3. The molecule has 0 bridgehead atoms. The summed E-state index contributed by atoms with van der Waals surface area (Å²) in [5, 5.41) is 0. The number of aryl methyl sites for hydroxylation is 1. The quantitative estimate of drug-likeness (QED) is 0.298. The molecule has 0 N–H and O–H groups in total. The first-order valence-electron chi connectivity index (χ1n) is 12.6. The van der Waals surface area contributed by atoms with Crippen molar-refractivity contribution in [2.75, 3.05) is 19.6 Å². The molecule has 35 heavy (non-hydrogen) atoms. The zero-order valence-electron chi connectivity index (χ0n) is 20.2. The van der Waals surface area contributed by atoms with E-state index in [1.165, 1.54) is 5.56 Å². The standard InChI is InChI=1S/C28H35F6N/c1-2-17-35(19-16-21-7-4-3-5-8-21)18-6-9-22-10-12-23(13-11-22)24-14-15-25(27(29,30)31)26(20-24)28(32,33)34/h3-5,7-8,10-13,24-26H,2,6,9,14-20H2,1H3. The molecule has 1 saturated carbocycles. The Morgan fingerprint density at radius 2 is 1.34 bits per heavy atom. The summed E-state index contributed by atoms with van der Waals surface area (Å²) in [6, 6.07) is 17.8. The summed E-state index contributed by atoms with van der Waals surface area (Å²) in [5.41, 5.74) is 3.13. The van der Waals surface area contributed by atoms with E-state index in [0.29, 0.717) is 5.56 Å². The van der Waals surface area contributed by atoms with Gasteiger partial charge in [-0.1, -0.05) is 61.5 Å². The normalized spacial score (nSPS) is 21.4. The Hall–Kier alpha value is -2.02. The van der Waals surface area contributed by atoms with E-state index in [2.05, 4.69) is 36.1 Å². The molecule has 0 heterocycles. The van der Waals surface area contributed by atoms with Crippen molar-refractivity contribution in [1.29, 1.82) is 0 Å². The van der Waals surface area contributed by atoms with E-state index in [1.807, 2.05) is 18.2 Å². The minimum absolute atomic E-state index is 0.128. The number of hydrogen-bond acceptors (Lipinski definition) is 1. The Kier molecular flexibility index (Phi) is 9.68. The fourth-order valence-corrected chi connectivity index (χ4v) is 5.27. The Balaban J connectivity index is 1.52. The maximum atomic E-state index is 13.4. The molecule has 3 atom stereocenters. The van der Waals surface area contributed by atoms with Crippen LogP contribution in [0, 0.1) is 11.8 Å². The third-order valence-electron chi connectivity index (χ3n) is 7.18. The number of benzene rings is 2. The number of nitrogens with zero attached hydrogens (tertiary/aromatic N) is 1. The third-order valence-corrected chi connectivity index (χ3v) is 7.18. The summed E-state index contributed by atoms with van der Waals surface area (Å²) < 4.78 is 79.6. The second-order valence-corrected chi connectivity index (χ2v) is 9.73. The average Bonchev–Trinajstić information content (AvgIpc) is 2.82. The molecule has 2 aromatic carbocycles. The summed E-state index contributed by atoms with van der Waals surface area (Å²) in [6.45, 7) is 5.17. The SMILES string of the molecule is CCCN(CCCc1ccc(C2CCC(C(F)(F)F)C(C(F)(F)F)C2)cc1)CCc1ccccc1. The van der Waals surface area contributed by atoms with Gasteiger partial charge in [0.25, 0.3) is 0 Å². The topological polar surface area (TPSA) is 3.24 Å². The van der Waals surface area contributed by atoms with Gasteiger partial charge in [0.05, 0.1) is 11.8 Å². The first-order chi connectivity index (χ1) is 16.6. The van der Waals surface area contributed by atoms with E-state index in [-0.39, 0.29) is 6.42 Å². The van der Waals surface area contributed by atoms with Crippen molar-refractivity contribution in [3.8, 4) is 0 Å². The zero-order chi connectivity index (χ0) is 25.5. The molecule has 7 heteroatoms. The van der Waals surface area contributed by atoms with Crippen LogP contribution in [0.5, 0.6) is 0 Å². The Morgan fingerprint density at radius 3 is 1.94 bits per heavy atom. The predicted octanol–water partition coefficient (Wildman–Crippen LogP) is 8.20. The van der Waals surface area contributed by atoms with Crippen LogP contribution < -0.4 is 0 Å². The molecular weight excluding hydrogens is 464 g/mol. The highest BCUT2D eigenvalue weighted by molar-refractivity contribution is 5.26. The van der Waals surface area contributed by atoms with Crippen LogP contribution in [-0.4, -0.2) is 36.9 Å². The molecule has 1 fully saturated rings. The van der Waals surface area contributed by atoms with Gasteiger partial charge in [0, 0.05) is 6.54 Å². The Labute approximate surface area is 204 Å². The van der Waals surface area contributed by atoms with Gasteiger partial charge in [0.1, 0.15) is 0 Å². The summed E-state index contributed by atoms with van der Waals surface area (Å²) in [6.07, 6.45) is -6.59. The van der Waals surface area contributed by atoms with Crippen molar-refractivity contribution in [1.82, 2.24) is 4.90 Å².